The number of esters is 3. The average Bonchev–Trinajstić information content (AvgIpc) is 3.47. The standard InChI is InChI=1S/C76H138O6/c1-4-7-10-13-16-19-22-25-28-31-34-36-38-40-42-45-48-51-54-57-60-63-66-69-75(78)81-72-73(71-80-74(77)68-65-62-59-56-53-50-47-44-33-30-27-24-21-18-15-12-9-6-3)82-76(79)70-67-64-61-58-55-52-49-46-43-41-39-37-35-32-29-26-23-20-17-14-11-8-5-2/h7,10,16,19,25,28,32,34-36,73H,4-6,8-9,11-15,17-18,20-24,26-27,29-31,33,37-72H2,1-3H3/b10-7-,19-16-,28-25-,35-32-,36-34-. The summed E-state index contributed by atoms with van der Waals surface area (Å²) < 4.78 is 17.0. The second-order valence-corrected chi connectivity index (χ2v) is 24.5. The number of carbonyl (C=O) groups is 3. The van der Waals surface area contributed by atoms with Crippen LogP contribution in [-0.4, -0.2) is 37.2 Å². The Morgan fingerprint density at radius 3 is 0.756 bits per heavy atom. The molecule has 82 heavy (non-hydrogen) atoms. The molecular weight excluding hydrogens is 1010 g/mol. The lowest BCUT2D eigenvalue weighted by Gasteiger charge is -2.18. The van der Waals surface area contributed by atoms with Gasteiger partial charge in [0.05, 0.1) is 0 Å². The maximum atomic E-state index is 13.0. The Bertz CT molecular complexity index is 1460. The molecule has 6 nitrogen and oxygen atoms in total. The monoisotopic (exact) mass is 1150 g/mol. The van der Waals surface area contributed by atoms with Gasteiger partial charge in [0.15, 0.2) is 6.10 Å². The Kier molecular flexibility index (Phi) is 68.1. The van der Waals surface area contributed by atoms with Crippen molar-refractivity contribution < 1.29 is 28.6 Å². The Morgan fingerprint density at radius 2 is 0.476 bits per heavy atom. The predicted molar refractivity (Wildman–Crippen MR) is 358 cm³/mol. The lowest BCUT2D eigenvalue weighted by atomic mass is 10.0. The van der Waals surface area contributed by atoms with Gasteiger partial charge in [0, 0.05) is 19.3 Å². The third-order valence-electron chi connectivity index (χ3n) is 16.3. The summed E-state index contributed by atoms with van der Waals surface area (Å²) in [7, 11) is 0. The molecule has 0 aromatic rings. The van der Waals surface area contributed by atoms with Crippen LogP contribution in [0.1, 0.15) is 387 Å². The van der Waals surface area contributed by atoms with Crippen molar-refractivity contribution in [2.75, 3.05) is 13.2 Å². The summed E-state index contributed by atoms with van der Waals surface area (Å²) in [5.74, 6) is -0.848. The first-order chi connectivity index (χ1) is 40.5. The van der Waals surface area contributed by atoms with E-state index in [0.717, 1.165) is 83.5 Å². The molecule has 6 heteroatoms. The Hall–Kier alpha value is -2.89. The zero-order valence-corrected chi connectivity index (χ0v) is 55.0. The van der Waals surface area contributed by atoms with E-state index in [0.29, 0.717) is 19.3 Å². The van der Waals surface area contributed by atoms with Gasteiger partial charge >= 0.3 is 17.9 Å². The van der Waals surface area contributed by atoms with Gasteiger partial charge in [-0.05, 0) is 83.5 Å². The molecule has 0 aromatic heterocycles. The van der Waals surface area contributed by atoms with Crippen LogP contribution >= 0.6 is 0 Å². The Balaban J connectivity index is 4.33. The Labute approximate surface area is 510 Å². The van der Waals surface area contributed by atoms with Crippen molar-refractivity contribution in [2.24, 2.45) is 0 Å². The molecule has 0 N–H and O–H groups in total. The topological polar surface area (TPSA) is 78.9 Å². The number of rotatable bonds is 67. The zero-order valence-electron chi connectivity index (χ0n) is 55.0. The highest BCUT2D eigenvalue weighted by Gasteiger charge is 2.19. The summed E-state index contributed by atoms with van der Waals surface area (Å²) >= 11 is 0. The molecule has 0 aliphatic rings. The van der Waals surface area contributed by atoms with Gasteiger partial charge in [-0.15, -0.1) is 0 Å². The highest BCUT2D eigenvalue weighted by molar-refractivity contribution is 5.71. The van der Waals surface area contributed by atoms with Gasteiger partial charge in [-0.25, -0.2) is 0 Å². The minimum absolute atomic E-state index is 0.0708. The predicted octanol–water partition coefficient (Wildman–Crippen LogP) is 25.1. The average molecular weight is 1150 g/mol. The third kappa shape index (κ3) is 67.9. The number of allylic oxidation sites excluding steroid dienone is 10. The summed E-state index contributed by atoms with van der Waals surface area (Å²) in [6.07, 6.45) is 91.0. The van der Waals surface area contributed by atoms with E-state index in [1.54, 1.807) is 0 Å². The molecule has 0 fully saturated rings. The van der Waals surface area contributed by atoms with Crippen molar-refractivity contribution in [3.63, 3.8) is 0 Å². The third-order valence-corrected chi connectivity index (χ3v) is 16.3. The molecule has 0 amide bonds. The molecule has 0 radical (unpaired) electrons. The summed E-state index contributed by atoms with van der Waals surface area (Å²) in [6, 6.07) is 0. The van der Waals surface area contributed by atoms with Crippen molar-refractivity contribution in [3.8, 4) is 0 Å². The largest absolute Gasteiger partial charge is 0.462 e. The summed E-state index contributed by atoms with van der Waals surface area (Å²) in [4.78, 5) is 38.5. The van der Waals surface area contributed by atoms with E-state index in [1.807, 2.05) is 0 Å². The van der Waals surface area contributed by atoms with E-state index in [-0.39, 0.29) is 31.1 Å². The number of hydrogen-bond donors (Lipinski definition) is 0. The molecule has 0 bridgehead atoms. The number of ether oxygens (including phenoxy) is 3. The first kappa shape index (κ1) is 79.1. The van der Waals surface area contributed by atoms with E-state index in [9.17, 15) is 14.4 Å². The second kappa shape index (κ2) is 70.6. The summed E-state index contributed by atoms with van der Waals surface area (Å²) in [5, 5.41) is 0. The van der Waals surface area contributed by atoms with E-state index in [1.165, 1.54) is 263 Å². The van der Waals surface area contributed by atoms with Crippen LogP contribution in [-0.2, 0) is 28.6 Å². The van der Waals surface area contributed by atoms with Gasteiger partial charge in [-0.2, -0.15) is 0 Å². The van der Waals surface area contributed by atoms with Crippen molar-refractivity contribution in [1.82, 2.24) is 0 Å². The first-order valence-electron chi connectivity index (χ1n) is 36.3. The van der Waals surface area contributed by atoms with Crippen LogP contribution in [0.5, 0.6) is 0 Å². The second-order valence-electron chi connectivity index (χ2n) is 24.5. The molecule has 1 unspecified atom stereocenters. The lowest BCUT2D eigenvalue weighted by molar-refractivity contribution is -0.167. The van der Waals surface area contributed by atoms with Crippen LogP contribution in [0.2, 0.25) is 0 Å². The van der Waals surface area contributed by atoms with Crippen LogP contribution in [0.4, 0.5) is 0 Å². The smallest absolute Gasteiger partial charge is 0.306 e. The molecule has 0 saturated carbocycles. The number of hydrogen-bond acceptors (Lipinski definition) is 6. The van der Waals surface area contributed by atoms with E-state index >= 15 is 0 Å². The zero-order chi connectivity index (χ0) is 59.2. The van der Waals surface area contributed by atoms with E-state index in [2.05, 4.69) is 81.5 Å². The van der Waals surface area contributed by atoms with Crippen molar-refractivity contribution >= 4 is 17.9 Å². The fourth-order valence-corrected chi connectivity index (χ4v) is 10.8. The van der Waals surface area contributed by atoms with Gasteiger partial charge in [0.1, 0.15) is 13.2 Å². The molecule has 0 saturated heterocycles. The van der Waals surface area contributed by atoms with Gasteiger partial charge in [0.25, 0.3) is 0 Å². The molecule has 0 spiro atoms. The first-order valence-corrected chi connectivity index (χ1v) is 36.3. The van der Waals surface area contributed by atoms with E-state index in [4.69, 9.17) is 14.2 Å². The molecule has 0 aromatic carbocycles. The molecule has 478 valence electrons. The minimum Gasteiger partial charge on any atom is -0.462 e. The molecule has 0 heterocycles. The fraction of sp³-hybridized carbons (Fsp3) is 0.829. The highest BCUT2D eigenvalue weighted by atomic mass is 16.6. The lowest BCUT2D eigenvalue weighted by Crippen LogP contribution is -2.30. The van der Waals surface area contributed by atoms with Crippen molar-refractivity contribution in [2.45, 2.75) is 393 Å². The quantitative estimate of drug-likeness (QED) is 0.0261. The summed E-state index contributed by atoms with van der Waals surface area (Å²) in [6.45, 7) is 6.60. The van der Waals surface area contributed by atoms with Gasteiger partial charge in [-0.1, -0.05) is 345 Å². The summed E-state index contributed by atoms with van der Waals surface area (Å²) in [5.41, 5.74) is 0. The van der Waals surface area contributed by atoms with Crippen LogP contribution < -0.4 is 0 Å². The maximum Gasteiger partial charge on any atom is 0.306 e. The van der Waals surface area contributed by atoms with Crippen molar-refractivity contribution in [1.29, 1.82) is 0 Å². The molecule has 0 aliphatic heterocycles. The van der Waals surface area contributed by atoms with Crippen LogP contribution in [0.25, 0.3) is 0 Å². The molecular formula is C76H138O6. The van der Waals surface area contributed by atoms with Crippen LogP contribution in [0, 0.1) is 0 Å². The van der Waals surface area contributed by atoms with Gasteiger partial charge in [0.2, 0.25) is 0 Å². The highest BCUT2D eigenvalue weighted by Crippen LogP contribution is 2.18. The Morgan fingerprint density at radius 1 is 0.256 bits per heavy atom. The molecule has 1 atom stereocenters. The number of carbonyl (C=O) groups excluding carboxylic acids is 3. The van der Waals surface area contributed by atoms with Crippen LogP contribution in [0.15, 0.2) is 60.8 Å². The minimum atomic E-state index is -0.776. The molecule has 0 aliphatic carbocycles. The van der Waals surface area contributed by atoms with Crippen LogP contribution in [0.3, 0.4) is 0 Å². The maximum absolute atomic E-state index is 13.0. The normalized spacial score (nSPS) is 12.4. The molecule has 0 rings (SSSR count). The number of unbranched alkanes of at least 4 members (excludes halogenated alkanes) is 46. The SMILES string of the molecule is CC/C=C\C/C=C\C/C=C\C/C=C\CCCCCCCCCCCCC(=O)OCC(COC(=O)CCCCCCCCCCCCCCCCCCCC)OC(=O)CCCCCCCCCCCCC/C=C\CCCCCCCCCC. The van der Waals surface area contributed by atoms with Crippen molar-refractivity contribution in [3.05, 3.63) is 60.8 Å². The van der Waals surface area contributed by atoms with Gasteiger partial charge in [-0.3, -0.25) is 14.4 Å². The van der Waals surface area contributed by atoms with Gasteiger partial charge < -0.3 is 14.2 Å². The van der Waals surface area contributed by atoms with E-state index < -0.39 is 6.10 Å². The fourth-order valence-electron chi connectivity index (χ4n) is 10.8.